The van der Waals surface area contributed by atoms with Gasteiger partial charge in [-0.05, 0) is 35.4 Å². The molecule has 0 aromatic heterocycles. The highest BCUT2D eigenvalue weighted by Crippen LogP contribution is 2.27. The zero-order valence-corrected chi connectivity index (χ0v) is 11.0. The van der Waals surface area contributed by atoms with Gasteiger partial charge in [0.1, 0.15) is 5.75 Å². The summed E-state index contributed by atoms with van der Waals surface area (Å²) < 4.78 is 10.2. The zero-order chi connectivity index (χ0) is 13.7. The van der Waals surface area contributed by atoms with E-state index >= 15 is 0 Å². The van der Waals surface area contributed by atoms with E-state index in [-0.39, 0.29) is 5.75 Å². The fourth-order valence-electron chi connectivity index (χ4n) is 1.71. The van der Waals surface area contributed by atoms with Crippen molar-refractivity contribution in [1.82, 2.24) is 0 Å². The highest BCUT2D eigenvalue weighted by molar-refractivity contribution is 5.71. The Balaban J connectivity index is 2.17. The van der Waals surface area contributed by atoms with Gasteiger partial charge in [0.05, 0.1) is 14.2 Å². The van der Waals surface area contributed by atoms with Crippen LogP contribution in [0.3, 0.4) is 0 Å². The zero-order valence-electron chi connectivity index (χ0n) is 11.0. The van der Waals surface area contributed by atoms with Crippen LogP contribution in [0.5, 0.6) is 17.2 Å². The quantitative estimate of drug-likeness (QED) is 0.850. The molecule has 0 heterocycles. The molecule has 0 atom stereocenters. The molecule has 0 aliphatic heterocycles. The number of phenols is 1. The summed E-state index contributed by atoms with van der Waals surface area (Å²) in [6, 6.07) is 13.0. The lowest BCUT2D eigenvalue weighted by atomic mass is 10.1. The van der Waals surface area contributed by atoms with Crippen LogP contribution < -0.4 is 9.47 Å². The highest BCUT2D eigenvalue weighted by atomic mass is 16.5. The molecule has 0 amide bonds. The molecule has 0 aliphatic rings. The van der Waals surface area contributed by atoms with Gasteiger partial charge < -0.3 is 14.6 Å². The van der Waals surface area contributed by atoms with Gasteiger partial charge in [-0.2, -0.15) is 0 Å². The lowest BCUT2D eigenvalue weighted by molar-refractivity contribution is 0.373. The van der Waals surface area contributed by atoms with E-state index < -0.39 is 0 Å². The van der Waals surface area contributed by atoms with Gasteiger partial charge in [0.2, 0.25) is 0 Å². The third-order valence-electron chi connectivity index (χ3n) is 2.79. The number of rotatable bonds is 4. The van der Waals surface area contributed by atoms with E-state index in [0.717, 1.165) is 16.9 Å². The first-order valence-corrected chi connectivity index (χ1v) is 5.92. The summed E-state index contributed by atoms with van der Waals surface area (Å²) in [7, 11) is 3.18. The Morgan fingerprint density at radius 1 is 0.842 bits per heavy atom. The lowest BCUT2D eigenvalue weighted by Crippen LogP contribution is -1.84. The SMILES string of the molecule is COc1ccc(/C=C/c2ccc(O)c(OC)c2)cc1. The van der Waals surface area contributed by atoms with Gasteiger partial charge >= 0.3 is 0 Å². The Morgan fingerprint density at radius 3 is 2.11 bits per heavy atom. The molecule has 0 aliphatic carbocycles. The lowest BCUT2D eigenvalue weighted by Gasteiger charge is -2.03. The first kappa shape index (κ1) is 13.0. The van der Waals surface area contributed by atoms with Crippen molar-refractivity contribution in [3.8, 4) is 17.2 Å². The van der Waals surface area contributed by atoms with Gasteiger partial charge in [0.25, 0.3) is 0 Å². The van der Waals surface area contributed by atoms with E-state index in [1.807, 2.05) is 42.5 Å². The average Bonchev–Trinajstić information content (AvgIpc) is 2.47. The van der Waals surface area contributed by atoms with Crippen molar-refractivity contribution in [1.29, 1.82) is 0 Å². The van der Waals surface area contributed by atoms with Crippen LogP contribution in [0.2, 0.25) is 0 Å². The molecule has 2 rings (SSSR count). The molecule has 3 nitrogen and oxygen atoms in total. The maximum absolute atomic E-state index is 9.51. The van der Waals surface area contributed by atoms with Crippen molar-refractivity contribution >= 4 is 12.2 Å². The normalized spacial score (nSPS) is 10.6. The van der Waals surface area contributed by atoms with Crippen LogP contribution in [0.4, 0.5) is 0 Å². The van der Waals surface area contributed by atoms with Crippen molar-refractivity contribution < 1.29 is 14.6 Å². The Hall–Kier alpha value is -2.42. The number of phenolic OH excluding ortho intramolecular Hbond substituents is 1. The van der Waals surface area contributed by atoms with Crippen LogP contribution in [-0.2, 0) is 0 Å². The maximum Gasteiger partial charge on any atom is 0.161 e. The molecule has 0 bridgehead atoms. The van der Waals surface area contributed by atoms with Gasteiger partial charge in [0.15, 0.2) is 11.5 Å². The van der Waals surface area contributed by atoms with E-state index in [1.54, 1.807) is 19.2 Å². The minimum absolute atomic E-state index is 0.143. The number of hydrogen-bond acceptors (Lipinski definition) is 3. The summed E-state index contributed by atoms with van der Waals surface area (Å²) in [6.45, 7) is 0. The van der Waals surface area contributed by atoms with Crippen molar-refractivity contribution in [3.63, 3.8) is 0 Å². The second kappa shape index (κ2) is 5.96. The summed E-state index contributed by atoms with van der Waals surface area (Å²) in [5.41, 5.74) is 2.04. The fraction of sp³-hybridized carbons (Fsp3) is 0.125. The summed E-state index contributed by atoms with van der Waals surface area (Å²) in [5, 5.41) is 9.51. The predicted octanol–water partition coefficient (Wildman–Crippen LogP) is 3.58. The average molecular weight is 256 g/mol. The number of hydrogen-bond donors (Lipinski definition) is 1. The van der Waals surface area contributed by atoms with E-state index in [0.29, 0.717) is 5.75 Å². The molecule has 2 aromatic rings. The van der Waals surface area contributed by atoms with Crippen molar-refractivity contribution in [3.05, 3.63) is 53.6 Å². The molecule has 0 fully saturated rings. The molecule has 19 heavy (non-hydrogen) atoms. The standard InChI is InChI=1S/C16H16O3/c1-18-14-8-5-12(6-9-14)3-4-13-7-10-15(17)16(11-13)19-2/h3-11,17H,1-2H3/b4-3+. The number of benzene rings is 2. The van der Waals surface area contributed by atoms with E-state index in [2.05, 4.69) is 0 Å². The molecule has 2 aromatic carbocycles. The molecule has 1 N–H and O–H groups in total. The van der Waals surface area contributed by atoms with E-state index in [4.69, 9.17) is 9.47 Å². The second-order valence-electron chi connectivity index (χ2n) is 4.04. The number of ether oxygens (including phenoxy) is 2. The molecular weight excluding hydrogens is 240 g/mol. The van der Waals surface area contributed by atoms with Gasteiger partial charge in [0, 0.05) is 0 Å². The van der Waals surface area contributed by atoms with Crippen molar-refractivity contribution in [2.24, 2.45) is 0 Å². The largest absolute Gasteiger partial charge is 0.504 e. The van der Waals surface area contributed by atoms with Gasteiger partial charge in [-0.3, -0.25) is 0 Å². The molecule has 0 saturated carbocycles. The summed E-state index contributed by atoms with van der Waals surface area (Å²) in [5.74, 6) is 1.45. The minimum atomic E-state index is 0.143. The topological polar surface area (TPSA) is 38.7 Å². The Morgan fingerprint density at radius 2 is 1.47 bits per heavy atom. The van der Waals surface area contributed by atoms with Crippen LogP contribution in [0.15, 0.2) is 42.5 Å². The Bertz CT molecular complexity index is 571. The molecular formula is C16H16O3. The first-order valence-electron chi connectivity index (χ1n) is 5.92. The van der Waals surface area contributed by atoms with Gasteiger partial charge in [-0.25, -0.2) is 0 Å². The number of aromatic hydroxyl groups is 1. The monoisotopic (exact) mass is 256 g/mol. The van der Waals surface area contributed by atoms with Crippen LogP contribution in [-0.4, -0.2) is 19.3 Å². The van der Waals surface area contributed by atoms with E-state index in [1.165, 1.54) is 7.11 Å². The smallest absolute Gasteiger partial charge is 0.161 e. The third-order valence-corrected chi connectivity index (χ3v) is 2.79. The van der Waals surface area contributed by atoms with Gasteiger partial charge in [-0.1, -0.05) is 30.4 Å². The fourth-order valence-corrected chi connectivity index (χ4v) is 1.71. The predicted molar refractivity (Wildman–Crippen MR) is 76.6 cm³/mol. The molecule has 0 saturated heterocycles. The van der Waals surface area contributed by atoms with Crippen LogP contribution >= 0.6 is 0 Å². The molecule has 98 valence electrons. The Labute approximate surface area is 112 Å². The minimum Gasteiger partial charge on any atom is -0.504 e. The number of methoxy groups -OCH3 is 2. The molecule has 3 heteroatoms. The second-order valence-corrected chi connectivity index (χ2v) is 4.04. The molecule has 0 radical (unpaired) electrons. The van der Waals surface area contributed by atoms with Crippen molar-refractivity contribution in [2.45, 2.75) is 0 Å². The van der Waals surface area contributed by atoms with Crippen LogP contribution in [0.1, 0.15) is 11.1 Å². The van der Waals surface area contributed by atoms with Gasteiger partial charge in [-0.15, -0.1) is 0 Å². The summed E-state index contributed by atoms with van der Waals surface area (Å²) in [6.07, 6.45) is 3.95. The van der Waals surface area contributed by atoms with Crippen molar-refractivity contribution in [2.75, 3.05) is 14.2 Å². The third kappa shape index (κ3) is 3.28. The van der Waals surface area contributed by atoms with E-state index in [9.17, 15) is 5.11 Å². The Kier molecular flexibility index (Phi) is 4.08. The van der Waals surface area contributed by atoms with Crippen LogP contribution in [0, 0.1) is 0 Å². The van der Waals surface area contributed by atoms with Crippen LogP contribution in [0.25, 0.3) is 12.2 Å². The summed E-state index contributed by atoms with van der Waals surface area (Å²) >= 11 is 0. The molecule has 0 spiro atoms. The highest BCUT2D eigenvalue weighted by Gasteiger charge is 2.00. The first-order chi connectivity index (χ1) is 9.22. The summed E-state index contributed by atoms with van der Waals surface area (Å²) in [4.78, 5) is 0. The molecule has 0 unspecified atom stereocenters. The maximum atomic E-state index is 9.51.